The zero-order valence-electron chi connectivity index (χ0n) is 8.08. The van der Waals surface area contributed by atoms with Crippen LogP contribution in [-0.2, 0) is 0 Å². The van der Waals surface area contributed by atoms with Crippen LogP contribution in [0.1, 0.15) is 33.1 Å². The van der Waals surface area contributed by atoms with Crippen molar-refractivity contribution in [1.29, 1.82) is 0 Å². The predicted molar refractivity (Wildman–Crippen MR) is 52.0 cm³/mol. The molecule has 2 nitrogen and oxygen atoms in total. The molecule has 2 heteroatoms. The quantitative estimate of drug-likeness (QED) is 0.636. The van der Waals surface area contributed by atoms with Gasteiger partial charge in [-0.25, -0.2) is 0 Å². The Bertz CT molecular complexity index is 113. The summed E-state index contributed by atoms with van der Waals surface area (Å²) in [6.45, 7) is 9.96. The monoisotopic (exact) mass is 172 g/mol. The Morgan fingerprint density at radius 3 is 2.00 bits per heavy atom. The van der Waals surface area contributed by atoms with Crippen molar-refractivity contribution in [3.8, 4) is 0 Å². The summed E-state index contributed by atoms with van der Waals surface area (Å²) in [5.74, 6) is 0. The molecule has 0 heterocycles. The van der Waals surface area contributed by atoms with Crippen LogP contribution in [0.15, 0.2) is 18.9 Å². The van der Waals surface area contributed by atoms with Gasteiger partial charge < -0.3 is 10.2 Å². The lowest BCUT2D eigenvalue weighted by molar-refractivity contribution is 0.0848. The molecule has 0 aromatic carbocycles. The molecule has 2 N–H and O–H groups in total. The fourth-order valence-corrected chi connectivity index (χ4v) is 0.845. The molecule has 0 fully saturated rings. The van der Waals surface area contributed by atoms with Crippen LogP contribution in [0.5, 0.6) is 0 Å². The van der Waals surface area contributed by atoms with Crippen molar-refractivity contribution < 1.29 is 10.2 Å². The standard InChI is InChI=1S/C7H16O2.C3H4/c1-3-4-7(9)5-6(2)8;1-3-2/h6-9H,3-5H2,1-2H3;1-2H2. The van der Waals surface area contributed by atoms with Crippen molar-refractivity contribution in [3.63, 3.8) is 0 Å². The number of hydrogen-bond acceptors (Lipinski definition) is 2. The minimum absolute atomic E-state index is 0.310. The van der Waals surface area contributed by atoms with Gasteiger partial charge in [0.1, 0.15) is 0 Å². The van der Waals surface area contributed by atoms with E-state index >= 15 is 0 Å². The third kappa shape index (κ3) is 16.2. The van der Waals surface area contributed by atoms with Crippen LogP contribution in [0.4, 0.5) is 0 Å². The maximum atomic E-state index is 9.06. The summed E-state index contributed by atoms with van der Waals surface area (Å²) in [5.41, 5.74) is 2.25. The SMILES string of the molecule is C=C=C.CCCC(O)CC(C)O. The van der Waals surface area contributed by atoms with Gasteiger partial charge in [-0.05, 0) is 19.8 Å². The average Bonchev–Trinajstić information content (AvgIpc) is 1.87. The summed E-state index contributed by atoms with van der Waals surface area (Å²) in [6, 6.07) is 0. The van der Waals surface area contributed by atoms with Gasteiger partial charge in [0.2, 0.25) is 0 Å². The zero-order chi connectivity index (χ0) is 9.98. The van der Waals surface area contributed by atoms with E-state index in [0.717, 1.165) is 12.8 Å². The predicted octanol–water partition coefficient (Wildman–Crippen LogP) is 1.88. The first-order chi connectivity index (χ1) is 5.58. The van der Waals surface area contributed by atoms with Crippen LogP contribution in [0.2, 0.25) is 0 Å². The minimum Gasteiger partial charge on any atom is -0.393 e. The van der Waals surface area contributed by atoms with E-state index in [2.05, 4.69) is 18.9 Å². The van der Waals surface area contributed by atoms with E-state index in [1.165, 1.54) is 0 Å². The molecule has 0 aromatic rings. The largest absolute Gasteiger partial charge is 0.393 e. The molecule has 2 atom stereocenters. The van der Waals surface area contributed by atoms with Crippen molar-refractivity contribution in [2.45, 2.75) is 45.3 Å². The van der Waals surface area contributed by atoms with E-state index in [0.29, 0.717) is 6.42 Å². The Morgan fingerprint density at radius 1 is 1.33 bits per heavy atom. The van der Waals surface area contributed by atoms with Gasteiger partial charge in [-0.3, -0.25) is 0 Å². The maximum Gasteiger partial charge on any atom is 0.0564 e. The summed E-state index contributed by atoms with van der Waals surface area (Å²) >= 11 is 0. The summed E-state index contributed by atoms with van der Waals surface area (Å²) in [7, 11) is 0. The van der Waals surface area contributed by atoms with E-state index in [9.17, 15) is 0 Å². The van der Waals surface area contributed by atoms with Crippen LogP contribution >= 0.6 is 0 Å². The molecular formula is C10H20O2. The first kappa shape index (κ1) is 14.0. The molecule has 0 aliphatic rings. The maximum absolute atomic E-state index is 9.06. The summed E-state index contributed by atoms with van der Waals surface area (Å²) in [4.78, 5) is 0. The van der Waals surface area contributed by atoms with Crippen molar-refractivity contribution in [3.05, 3.63) is 18.9 Å². The Hall–Kier alpha value is -0.560. The second-order valence-electron chi connectivity index (χ2n) is 2.78. The van der Waals surface area contributed by atoms with Crippen molar-refractivity contribution in [2.75, 3.05) is 0 Å². The minimum atomic E-state index is -0.369. The molecule has 0 aromatic heterocycles. The van der Waals surface area contributed by atoms with Crippen molar-refractivity contribution >= 4 is 0 Å². The molecule has 12 heavy (non-hydrogen) atoms. The Balaban J connectivity index is 0. The molecule has 0 saturated carbocycles. The molecule has 0 amide bonds. The van der Waals surface area contributed by atoms with Gasteiger partial charge in [0.15, 0.2) is 0 Å². The third-order valence-electron chi connectivity index (χ3n) is 1.24. The molecule has 0 rings (SSSR count). The first-order valence-corrected chi connectivity index (χ1v) is 4.23. The third-order valence-corrected chi connectivity index (χ3v) is 1.24. The molecule has 72 valence electrons. The van der Waals surface area contributed by atoms with E-state index in [1.54, 1.807) is 6.92 Å². The van der Waals surface area contributed by atoms with Gasteiger partial charge in [0.05, 0.1) is 12.2 Å². The molecule has 0 bridgehead atoms. The summed E-state index contributed by atoms with van der Waals surface area (Å²) in [5, 5.41) is 17.8. The fraction of sp³-hybridized carbons (Fsp3) is 0.700. The van der Waals surface area contributed by atoms with E-state index in [-0.39, 0.29) is 12.2 Å². The first-order valence-electron chi connectivity index (χ1n) is 4.23. The number of rotatable bonds is 4. The lowest BCUT2D eigenvalue weighted by Crippen LogP contribution is -2.13. The molecule has 0 aliphatic carbocycles. The van der Waals surface area contributed by atoms with Crippen molar-refractivity contribution in [1.82, 2.24) is 0 Å². The highest BCUT2D eigenvalue weighted by Crippen LogP contribution is 2.03. The van der Waals surface area contributed by atoms with Crippen LogP contribution < -0.4 is 0 Å². The van der Waals surface area contributed by atoms with Gasteiger partial charge in [-0.1, -0.05) is 26.5 Å². The van der Waals surface area contributed by atoms with Gasteiger partial charge in [0, 0.05) is 0 Å². The molecule has 0 spiro atoms. The van der Waals surface area contributed by atoms with Crippen LogP contribution in [-0.4, -0.2) is 22.4 Å². The molecule has 0 radical (unpaired) electrons. The van der Waals surface area contributed by atoms with Crippen LogP contribution in [0, 0.1) is 0 Å². The fourth-order valence-electron chi connectivity index (χ4n) is 0.845. The molecule has 0 saturated heterocycles. The highest BCUT2D eigenvalue weighted by molar-refractivity contribution is 4.57. The zero-order valence-corrected chi connectivity index (χ0v) is 8.08. The van der Waals surface area contributed by atoms with Crippen LogP contribution in [0.3, 0.4) is 0 Å². The summed E-state index contributed by atoms with van der Waals surface area (Å²) < 4.78 is 0. The van der Waals surface area contributed by atoms with Gasteiger partial charge in [0.25, 0.3) is 0 Å². The molecular weight excluding hydrogens is 152 g/mol. The lowest BCUT2D eigenvalue weighted by atomic mass is 10.1. The Labute approximate surface area is 75.2 Å². The summed E-state index contributed by atoms with van der Waals surface area (Å²) in [6.07, 6.45) is 1.61. The number of hydrogen-bond donors (Lipinski definition) is 2. The smallest absolute Gasteiger partial charge is 0.0564 e. The highest BCUT2D eigenvalue weighted by atomic mass is 16.3. The number of aliphatic hydroxyl groups excluding tert-OH is 2. The van der Waals surface area contributed by atoms with Gasteiger partial charge >= 0.3 is 0 Å². The van der Waals surface area contributed by atoms with Crippen LogP contribution in [0.25, 0.3) is 0 Å². The van der Waals surface area contributed by atoms with Gasteiger partial charge in [-0.2, -0.15) is 0 Å². The molecule has 0 aliphatic heterocycles. The second kappa shape index (κ2) is 10.4. The van der Waals surface area contributed by atoms with Crippen molar-refractivity contribution in [2.24, 2.45) is 0 Å². The van der Waals surface area contributed by atoms with Gasteiger partial charge in [-0.15, -0.1) is 5.73 Å². The Kier molecular flexibility index (Phi) is 12.2. The Morgan fingerprint density at radius 2 is 1.75 bits per heavy atom. The normalized spacial score (nSPS) is 13.7. The second-order valence-corrected chi connectivity index (χ2v) is 2.78. The van der Waals surface area contributed by atoms with E-state index in [1.807, 2.05) is 6.92 Å². The molecule has 2 unspecified atom stereocenters. The van der Waals surface area contributed by atoms with E-state index < -0.39 is 0 Å². The van der Waals surface area contributed by atoms with E-state index in [4.69, 9.17) is 10.2 Å². The topological polar surface area (TPSA) is 40.5 Å². The highest BCUT2D eigenvalue weighted by Gasteiger charge is 2.05. The number of aliphatic hydroxyl groups is 2. The average molecular weight is 172 g/mol. The lowest BCUT2D eigenvalue weighted by Gasteiger charge is -2.09.